The molecule has 2 aromatic carbocycles. The smallest absolute Gasteiger partial charge is 0.260 e. The minimum absolute atomic E-state index is 0.0521. The molecule has 1 aliphatic heterocycles. The van der Waals surface area contributed by atoms with E-state index < -0.39 is 0 Å². The first-order chi connectivity index (χ1) is 14.8. The van der Waals surface area contributed by atoms with Gasteiger partial charge in [0.05, 0.1) is 6.04 Å². The minimum atomic E-state index is -0.361. The van der Waals surface area contributed by atoms with E-state index in [2.05, 4.69) is 0 Å². The molecule has 0 bridgehead atoms. The monoisotopic (exact) mass is 431 g/mol. The first-order valence-corrected chi connectivity index (χ1v) is 10.2. The van der Waals surface area contributed by atoms with E-state index in [1.165, 1.54) is 36.4 Å². The molecule has 1 atom stereocenters. The summed E-state index contributed by atoms with van der Waals surface area (Å²) in [5, 5.41) is 0. The number of nitrogens with zero attached hydrogens (tertiary/aromatic N) is 3. The molecule has 1 unspecified atom stereocenters. The standard InChI is InChI=1S/C23H27F2N3O3/c1-17(23(30)26(2)15-18-4-3-5-20(25)14-18)27-10-12-28(13-11-27)22(29)16-31-21-8-6-19(24)7-9-21/h3-9,14,17H,10-13,15-16H2,1-2H3. The average molecular weight is 431 g/mol. The van der Waals surface area contributed by atoms with Gasteiger partial charge in [0, 0.05) is 39.8 Å². The highest BCUT2D eigenvalue weighted by Crippen LogP contribution is 2.14. The van der Waals surface area contributed by atoms with Crippen LogP contribution in [0.15, 0.2) is 48.5 Å². The van der Waals surface area contributed by atoms with Crippen molar-refractivity contribution < 1.29 is 23.1 Å². The van der Waals surface area contributed by atoms with E-state index in [4.69, 9.17) is 4.74 Å². The van der Waals surface area contributed by atoms with Gasteiger partial charge < -0.3 is 14.5 Å². The average Bonchev–Trinajstić information content (AvgIpc) is 2.77. The lowest BCUT2D eigenvalue weighted by molar-refractivity contribution is -0.139. The highest BCUT2D eigenvalue weighted by Gasteiger charge is 2.29. The first kappa shape index (κ1) is 22.7. The summed E-state index contributed by atoms with van der Waals surface area (Å²) in [6, 6.07) is 11.4. The predicted octanol–water partition coefficient (Wildman–Crippen LogP) is 2.53. The molecule has 2 amide bonds. The van der Waals surface area contributed by atoms with Crippen molar-refractivity contribution in [1.82, 2.24) is 14.7 Å². The second kappa shape index (κ2) is 10.3. The molecule has 6 nitrogen and oxygen atoms in total. The summed E-state index contributed by atoms with van der Waals surface area (Å²) in [5.74, 6) is -0.445. The molecule has 1 fully saturated rings. The number of carbonyl (C=O) groups excluding carboxylic acids is 2. The number of likely N-dealkylation sites (N-methyl/N-ethyl adjacent to an activating group) is 1. The Kier molecular flexibility index (Phi) is 7.57. The summed E-state index contributed by atoms with van der Waals surface area (Å²) < 4.78 is 31.7. The second-order valence-corrected chi connectivity index (χ2v) is 7.66. The number of hydrogen-bond donors (Lipinski definition) is 0. The van der Waals surface area contributed by atoms with Crippen molar-refractivity contribution in [2.24, 2.45) is 0 Å². The summed E-state index contributed by atoms with van der Waals surface area (Å²) in [4.78, 5) is 30.5. The Morgan fingerprint density at radius 3 is 2.35 bits per heavy atom. The van der Waals surface area contributed by atoms with Crippen molar-refractivity contribution >= 4 is 11.8 Å². The number of hydrogen-bond acceptors (Lipinski definition) is 4. The summed E-state index contributed by atoms with van der Waals surface area (Å²) in [6.07, 6.45) is 0. The Morgan fingerprint density at radius 1 is 1.03 bits per heavy atom. The van der Waals surface area contributed by atoms with E-state index in [0.717, 1.165) is 5.56 Å². The zero-order chi connectivity index (χ0) is 22.4. The first-order valence-electron chi connectivity index (χ1n) is 10.2. The molecule has 1 heterocycles. The lowest BCUT2D eigenvalue weighted by Gasteiger charge is -2.38. The maximum Gasteiger partial charge on any atom is 0.260 e. The van der Waals surface area contributed by atoms with Gasteiger partial charge in [-0.25, -0.2) is 8.78 Å². The van der Waals surface area contributed by atoms with Crippen molar-refractivity contribution in [3.8, 4) is 5.75 Å². The Bertz CT molecular complexity index is 899. The van der Waals surface area contributed by atoms with Crippen LogP contribution in [0.4, 0.5) is 8.78 Å². The number of halogens is 2. The third-order valence-electron chi connectivity index (χ3n) is 5.43. The molecule has 8 heteroatoms. The lowest BCUT2D eigenvalue weighted by Crippen LogP contribution is -2.55. The van der Waals surface area contributed by atoms with Gasteiger partial charge in [0.25, 0.3) is 5.91 Å². The Balaban J connectivity index is 1.45. The van der Waals surface area contributed by atoms with Crippen LogP contribution < -0.4 is 4.74 Å². The van der Waals surface area contributed by atoms with Gasteiger partial charge in [-0.15, -0.1) is 0 Å². The van der Waals surface area contributed by atoms with E-state index in [0.29, 0.717) is 38.5 Å². The lowest BCUT2D eigenvalue weighted by atomic mass is 10.1. The molecule has 166 valence electrons. The highest BCUT2D eigenvalue weighted by atomic mass is 19.1. The molecule has 0 saturated carbocycles. The SMILES string of the molecule is CC(C(=O)N(C)Cc1cccc(F)c1)N1CCN(C(=O)COc2ccc(F)cc2)CC1. The van der Waals surface area contributed by atoms with Crippen LogP contribution in [0.5, 0.6) is 5.75 Å². The van der Waals surface area contributed by atoms with Crippen LogP contribution in [0.3, 0.4) is 0 Å². The predicted molar refractivity (Wildman–Crippen MR) is 112 cm³/mol. The number of piperazine rings is 1. The fraction of sp³-hybridized carbons (Fsp3) is 0.391. The third kappa shape index (κ3) is 6.24. The van der Waals surface area contributed by atoms with Crippen molar-refractivity contribution in [1.29, 1.82) is 0 Å². The fourth-order valence-electron chi connectivity index (χ4n) is 3.59. The maximum absolute atomic E-state index is 13.4. The molecule has 0 radical (unpaired) electrons. The van der Waals surface area contributed by atoms with Crippen molar-refractivity contribution in [3.63, 3.8) is 0 Å². The van der Waals surface area contributed by atoms with Crippen molar-refractivity contribution in [2.45, 2.75) is 19.5 Å². The van der Waals surface area contributed by atoms with Crippen molar-refractivity contribution in [3.05, 3.63) is 65.7 Å². The number of benzene rings is 2. The molecule has 0 N–H and O–H groups in total. The molecule has 0 aliphatic carbocycles. The summed E-state index contributed by atoms with van der Waals surface area (Å²) in [6.45, 7) is 4.20. The van der Waals surface area contributed by atoms with E-state index in [1.54, 1.807) is 29.0 Å². The molecule has 0 spiro atoms. The Labute approximate surface area is 181 Å². The van der Waals surface area contributed by atoms with Crippen LogP contribution in [0, 0.1) is 11.6 Å². The molecule has 2 aromatic rings. The fourth-order valence-corrected chi connectivity index (χ4v) is 3.59. The Morgan fingerprint density at radius 2 is 1.71 bits per heavy atom. The molecular weight excluding hydrogens is 404 g/mol. The van der Waals surface area contributed by atoms with Gasteiger partial charge in [0.15, 0.2) is 6.61 Å². The van der Waals surface area contributed by atoms with Crippen LogP contribution in [0.25, 0.3) is 0 Å². The number of carbonyl (C=O) groups is 2. The molecule has 0 aromatic heterocycles. The van der Waals surface area contributed by atoms with Gasteiger partial charge in [-0.1, -0.05) is 12.1 Å². The number of amides is 2. The second-order valence-electron chi connectivity index (χ2n) is 7.66. The van der Waals surface area contributed by atoms with E-state index in [9.17, 15) is 18.4 Å². The van der Waals surface area contributed by atoms with E-state index >= 15 is 0 Å². The summed E-state index contributed by atoms with van der Waals surface area (Å²) >= 11 is 0. The zero-order valence-electron chi connectivity index (χ0n) is 17.8. The quantitative estimate of drug-likeness (QED) is 0.676. The van der Waals surface area contributed by atoms with Crippen LogP contribution in [0.1, 0.15) is 12.5 Å². The van der Waals surface area contributed by atoms with Gasteiger partial charge in [0.1, 0.15) is 17.4 Å². The van der Waals surface area contributed by atoms with Crippen LogP contribution in [-0.4, -0.2) is 72.4 Å². The minimum Gasteiger partial charge on any atom is -0.484 e. The highest BCUT2D eigenvalue weighted by molar-refractivity contribution is 5.81. The van der Waals surface area contributed by atoms with Gasteiger partial charge in [-0.2, -0.15) is 0 Å². The normalized spacial score (nSPS) is 15.4. The largest absolute Gasteiger partial charge is 0.484 e. The van der Waals surface area contributed by atoms with Gasteiger partial charge in [-0.05, 0) is 48.9 Å². The van der Waals surface area contributed by atoms with E-state index in [-0.39, 0.29) is 36.1 Å². The van der Waals surface area contributed by atoms with Gasteiger partial charge in [0.2, 0.25) is 5.91 Å². The summed E-state index contributed by atoms with van der Waals surface area (Å²) in [5.41, 5.74) is 0.736. The third-order valence-corrected chi connectivity index (χ3v) is 5.43. The molecule has 1 aliphatic rings. The van der Waals surface area contributed by atoms with Crippen LogP contribution >= 0.6 is 0 Å². The zero-order valence-corrected chi connectivity index (χ0v) is 17.8. The molecule has 1 saturated heterocycles. The molecular formula is C23H27F2N3O3. The maximum atomic E-state index is 13.4. The van der Waals surface area contributed by atoms with Gasteiger partial charge in [-0.3, -0.25) is 14.5 Å². The number of ether oxygens (including phenoxy) is 1. The van der Waals surface area contributed by atoms with Crippen molar-refractivity contribution in [2.75, 3.05) is 39.8 Å². The topological polar surface area (TPSA) is 53.1 Å². The number of rotatable bonds is 7. The summed E-state index contributed by atoms with van der Waals surface area (Å²) in [7, 11) is 1.70. The molecule has 31 heavy (non-hydrogen) atoms. The Hall–Kier alpha value is -3.00. The van der Waals surface area contributed by atoms with Gasteiger partial charge >= 0.3 is 0 Å². The van der Waals surface area contributed by atoms with E-state index in [1.807, 2.05) is 11.8 Å². The van der Waals surface area contributed by atoms with Crippen LogP contribution in [-0.2, 0) is 16.1 Å². The van der Waals surface area contributed by atoms with Crippen LogP contribution in [0.2, 0.25) is 0 Å². The molecule has 3 rings (SSSR count).